The van der Waals surface area contributed by atoms with Crippen molar-refractivity contribution in [3.8, 4) is 5.75 Å². The third-order valence-corrected chi connectivity index (χ3v) is 5.75. The van der Waals surface area contributed by atoms with Gasteiger partial charge in [0.05, 0.1) is 10.8 Å². The maximum atomic E-state index is 13.2. The van der Waals surface area contributed by atoms with Gasteiger partial charge in [-0.25, -0.2) is 4.39 Å². The van der Waals surface area contributed by atoms with E-state index in [-0.39, 0.29) is 22.8 Å². The normalized spacial score (nSPS) is 11.9. The monoisotopic (exact) mass is 468 g/mol. The van der Waals surface area contributed by atoms with Crippen LogP contribution in [0.2, 0.25) is 10.0 Å². The highest BCUT2D eigenvalue weighted by Gasteiger charge is 2.19. The Kier molecular flexibility index (Phi) is 7.23. The lowest BCUT2D eigenvalue weighted by atomic mass is 10.2. The van der Waals surface area contributed by atoms with Crippen LogP contribution in [0.15, 0.2) is 41.6 Å². The first-order valence-corrected chi connectivity index (χ1v) is 10.7. The van der Waals surface area contributed by atoms with Gasteiger partial charge in [-0.2, -0.15) is 0 Å². The Hall–Kier alpha value is -2.29. The molecule has 0 aliphatic rings. The number of carbonyl (C=O) groups is 1. The highest BCUT2D eigenvalue weighted by molar-refractivity contribution is 7.99. The van der Waals surface area contributed by atoms with Gasteiger partial charge in [0.25, 0.3) is 0 Å². The van der Waals surface area contributed by atoms with Gasteiger partial charge in [0.1, 0.15) is 11.6 Å². The molecule has 1 atom stereocenters. The van der Waals surface area contributed by atoms with Crippen LogP contribution in [-0.2, 0) is 11.8 Å². The van der Waals surface area contributed by atoms with Gasteiger partial charge in [-0.1, -0.05) is 35.0 Å². The third-order valence-electron chi connectivity index (χ3n) is 4.21. The number of thioether (sulfide) groups is 1. The number of carbonyl (C=O) groups excluding carboxylic acids is 1. The summed E-state index contributed by atoms with van der Waals surface area (Å²) in [6.45, 7) is 3.79. The number of aromatic nitrogens is 3. The van der Waals surface area contributed by atoms with Crippen molar-refractivity contribution in [3.05, 3.63) is 63.6 Å². The van der Waals surface area contributed by atoms with Crippen LogP contribution in [-0.4, -0.2) is 26.4 Å². The predicted octanol–water partition coefficient (Wildman–Crippen LogP) is 5.44. The fraction of sp³-hybridized carbons (Fsp3) is 0.250. The number of nitrogens with zero attached hydrogens (tertiary/aromatic N) is 3. The zero-order valence-electron chi connectivity index (χ0n) is 16.4. The molecule has 1 N–H and O–H groups in total. The Bertz CT molecular complexity index is 1080. The van der Waals surface area contributed by atoms with Crippen molar-refractivity contribution in [2.75, 3.05) is 11.1 Å². The molecule has 1 unspecified atom stereocenters. The maximum Gasteiger partial charge on any atom is 0.234 e. The van der Waals surface area contributed by atoms with Crippen LogP contribution >= 0.6 is 35.0 Å². The molecule has 0 radical (unpaired) electrons. The highest BCUT2D eigenvalue weighted by Crippen LogP contribution is 2.28. The molecule has 0 fully saturated rings. The van der Waals surface area contributed by atoms with E-state index in [0.29, 0.717) is 27.4 Å². The first-order valence-electron chi connectivity index (χ1n) is 8.94. The number of ether oxygens (including phenoxy) is 1. The number of aryl methyl sites for hydroxylation is 1. The van der Waals surface area contributed by atoms with Gasteiger partial charge < -0.3 is 14.6 Å². The van der Waals surface area contributed by atoms with Gasteiger partial charge >= 0.3 is 0 Å². The van der Waals surface area contributed by atoms with Crippen LogP contribution in [0.1, 0.15) is 24.4 Å². The lowest BCUT2D eigenvalue weighted by Gasteiger charge is -2.16. The summed E-state index contributed by atoms with van der Waals surface area (Å²) in [5.41, 5.74) is 1.34. The number of halogens is 3. The second kappa shape index (κ2) is 9.68. The molecule has 1 heterocycles. The quantitative estimate of drug-likeness (QED) is 0.467. The fourth-order valence-electron chi connectivity index (χ4n) is 2.70. The Labute approximate surface area is 187 Å². The lowest BCUT2D eigenvalue weighted by Crippen LogP contribution is -2.15. The molecular formula is C20H19Cl2FN4O2S. The summed E-state index contributed by atoms with van der Waals surface area (Å²) in [5.74, 6) is 0.625. The summed E-state index contributed by atoms with van der Waals surface area (Å²) in [6, 6.07) is 9.41. The largest absolute Gasteiger partial charge is 0.482 e. The minimum atomic E-state index is -0.541. The predicted molar refractivity (Wildman–Crippen MR) is 117 cm³/mol. The number of benzene rings is 2. The van der Waals surface area contributed by atoms with Crippen molar-refractivity contribution in [2.45, 2.75) is 25.1 Å². The van der Waals surface area contributed by atoms with E-state index in [1.165, 1.54) is 30.0 Å². The minimum absolute atomic E-state index is 0.0525. The second-order valence-corrected chi connectivity index (χ2v) is 8.32. The van der Waals surface area contributed by atoms with E-state index < -0.39 is 5.82 Å². The Morgan fingerprint density at radius 2 is 2.03 bits per heavy atom. The molecular weight excluding hydrogens is 450 g/mol. The van der Waals surface area contributed by atoms with Gasteiger partial charge in [-0.15, -0.1) is 10.2 Å². The third kappa shape index (κ3) is 5.44. The molecule has 3 rings (SSSR count). The average Bonchev–Trinajstić information content (AvgIpc) is 3.06. The molecule has 3 aromatic rings. The van der Waals surface area contributed by atoms with Gasteiger partial charge in [0.2, 0.25) is 5.91 Å². The van der Waals surface area contributed by atoms with Gasteiger partial charge in [0, 0.05) is 17.8 Å². The van der Waals surface area contributed by atoms with E-state index in [1.807, 2.05) is 33.0 Å². The number of hydrogen-bond acceptors (Lipinski definition) is 5. The van der Waals surface area contributed by atoms with Crippen LogP contribution in [0.5, 0.6) is 5.75 Å². The van der Waals surface area contributed by atoms with Crippen molar-refractivity contribution >= 4 is 46.6 Å². The number of amides is 1. The molecule has 0 saturated carbocycles. The lowest BCUT2D eigenvalue weighted by molar-refractivity contribution is -0.113. The van der Waals surface area contributed by atoms with E-state index in [2.05, 4.69) is 15.5 Å². The summed E-state index contributed by atoms with van der Waals surface area (Å²) in [5, 5.41) is 12.2. The van der Waals surface area contributed by atoms with Crippen LogP contribution in [0.4, 0.5) is 10.1 Å². The van der Waals surface area contributed by atoms with E-state index in [0.717, 1.165) is 5.56 Å². The summed E-state index contributed by atoms with van der Waals surface area (Å²) < 4.78 is 21.0. The smallest absolute Gasteiger partial charge is 0.234 e. The topological polar surface area (TPSA) is 69.0 Å². The van der Waals surface area contributed by atoms with Crippen molar-refractivity contribution < 1.29 is 13.9 Å². The molecule has 0 aliphatic heterocycles. The summed E-state index contributed by atoms with van der Waals surface area (Å²) >= 11 is 12.9. The molecule has 0 spiro atoms. The summed E-state index contributed by atoms with van der Waals surface area (Å²) in [4.78, 5) is 12.2. The van der Waals surface area contributed by atoms with E-state index in [9.17, 15) is 9.18 Å². The van der Waals surface area contributed by atoms with Crippen LogP contribution in [0, 0.1) is 12.7 Å². The molecule has 1 amide bonds. The Morgan fingerprint density at radius 1 is 1.27 bits per heavy atom. The molecule has 10 heteroatoms. The molecule has 1 aromatic heterocycles. The number of nitrogens with one attached hydrogen (secondary N) is 1. The summed E-state index contributed by atoms with van der Waals surface area (Å²) in [7, 11) is 1.81. The molecule has 0 saturated heterocycles. The maximum absolute atomic E-state index is 13.2. The fourth-order valence-corrected chi connectivity index (χ4v) is 3.82. The molecule has 2 aromatic carbocycles. The van der Waals surface area contributed by atoms with Crippen molar-refractivity contribution in [1.29, 1.82) is 0 Å². The van der Waals surface area contributed by atoms with Gasteiger partial charge in [0.15, 0.2) is 17.1 Å². The zero-order valence-corrected chi connectivity index (χ0v) is 18.8. The zero-order chi connectivity index (χ0) is 21.8. The number of rotatable bonds is 7. The molecule has 158 valence electrons. The van der Waals surface area contributed by atoms with Crippen molar-refractivity contribution in [3.63, 3.8) is 0 Å². The van der Waals surface area contributed by atoms with E-state index in [4.69, 9.17) is 27.9 Å². The second-order valence-electron chi connectivity index (χ2n) is 6.54. The standard InChI is InChI=1S/C20H19Cl2FN4O2S/c1-11-8-13(21)4-7-17(11)29-12(2)19-25-26-20(27(19)3)30-10-18(28)24-14-5-6-16(23)15(22)9-14/h4-9,12H,10H2,1-3H3,(H,24,28). The van der Waals surface area contributed by atoms with Crippen LogP contribution in [0.3, 0.4) is 0 Å². The van der Waals surface area contributed by atoms with Crippen LogP contribution in [0.25, 0.3) is 0 Å². The Morgan fingerprint density at radius 3 is 2.73 bits per heavy atom. The molecule has 30 heavy (non-hydrogen) atoms. The summed E-state index contributed by atoms with van der Waals surface area (Å²) in [6.07, 6.45) is -0.355. The average molecular weight is 469 g/mol. The van der Waals surface area contributed by atoms with E-state index >= 15 is 0 Å². The first-order chi connectivity index (χ1) is 14.2. The number of hydrogen-bond donors (Lipinski definition) is 1. The Balaban J connectivity index is 1.60. The number of anilines is 1. The SMILES string of the molecule is Cc1cc(Cl)ccc1OC(C)c1nnc(SCC(=O)Nc2ccc(F)c(Cl)c2)n1C. The highest BCUT2D eigenvalue weighted by atomic mass is 35.5. The molecule has 0 aliphatic carbocycles. The van der Waals surface area contributed by atoms with Gasteiger partial charge in [-0.05, 0) is 55.8 Å². The van der Waals surface area contributed by atoms with Crippen molar-refractivity contribution in [2.24, 2.45) is 7.05 Å². The van der Waals surface area contributed by atoms with Crippen LogP contribution < -0.4 is 10.1 Å². The molecule has 6 nitrogen and oxygen atoms in total. The van der Waals surface area contributed by atoms with Crippen molar-refractivity contribution in [1.82, 2.24) is 14.8 Å². The van der Waals surface area contributed by atoms with E-state index in [1.54, 1.807) is 10.6 Å². The minimum Gasteiger partial charge on any atom is -0.482 e. The van der Waals surface area contributed by atoms with Gasteiger partial charge in [-0.3, -0.25) is 4.79 Å². The molecule has 0 bridgehead atoms. The first kappa shape index (κ1) is 22.4.